The van der Waals surface area contributed by atoms with E-state index >= 15 is 0 Å². The highest BCUT2D eigenvalue weighted by molar-refractivity contribution is 5.84. The zero-order valence-corrected chi connectivity index (χ0v) is 10.2. The average molecular weight is 211 g/mol. The van der Waals surface area contributed by atoms with Gasteiger partial charge >= 0.3 is 0 Å². The monoisotopic (exact) mass is 211 g/mol. The van der Waals surface area contributed by atoms with Crippen LogP contribution in [-0.2, 0) is 9.53 Å². The molecule has 0 aliphatic rings. The average Bonchev–Trinajstić information content (AvgIpc) is 2.16. The largest absolute Gasteiger partial charge is 0.381 e. The first-order chi connectivity index (χ1) is 6.92. The molecule has 0 spiro atoms. The maximum atomic E-state index is 11.2. The lowest BCUT2D eigenvalue weighted by molar-refractivity contribution is -0.123. The molecule has 0 saturated heterocycles. The van der Waals surface area contributed by atoms with Crippen molar-refractivity contribution in [1.29, 1.82) is 5.26 Å². The van der Waals surface area contributed by atoms with Crippen molar-refractivity contribution < 1.29 is 9.53 Å². The zero-order chi connectivity index (χ0) is 11.9. The van der Waals surface area contributed by atoms with Gasteiger partial charge in [0.15, 0.2) is 0 Å². The van der Waals surface area contributed by atoms with Crippen molar-refractivity contribution in [2.75, 3.05) is 13.2 Å². The maximum Gasteiger partial charge on any atom is 0.149 e. The topological polar surface area (TPSA) is 50.1 Å². The highest BCUT2D eigenvalue weighted by atomic mass is 16.5. The van der Waals surface area contributed by atoms with E-state index < -0.39 is 5.41 Å². The quantitative estimate of drug-likeness (QED) is 0.608. The van der Waals surface area contributed by atoms with E-state index in [0.717, 1.165) is 6.42 Å². The molecule has 0 aromatic carbocycles. The molecule has 1 atom stereocenters. The van der Waals surface area contributed by atoms with Gasteiger partial charge in [0, 0.05) is 13.2 Å². The minimum absolute atomic E-state index is 0.0857. The van der Waals surface area contributed by atoms with Crippen LogP contribution in [0.15, 0.2) is 0 Å². The number of carbonyl (C=O) groups excluding carboxylic acids is 1. The normalized spacial score (nSPS) is 14.7. The van der Waals surface area contributed by atoms with Crippen molar-refractivity contribution in [2.24, 2.45) is 11.3 Å². The van der Waals surface area contributed by atoms with Crippen molar-refractivity contribution in [3.63, 3.8) is 0 Å². The van der Waals surface area contributed by atoms with Crippen LogP contribution in [0.3, 0.4) is 0 Å². The standard InChI is InChI=1S/C12H21NO2/c1-10(2)5-7-15-8-6-12(4,9-13)11(3)14/h10H,5-8H2,1-4H3. The second-order valence-electron chi connectivity index (χ2n) is 4.54. The van der Waals surface area contributed by atoms with Crippen LogP contribution in [-0.4, -0.2) is 19.0 Å². The van der Waals surface area contributed by atoms with Crippen molar-refractivity contribution in [1.82, 2.24) is 0 Å². The van der Waals surface area contributed by atoms with Gasteiger partial charge in [-0.15, -0.1) is 0 Å². The summed E-state index contributed by atoms with van der Waals surface area (Å²) in [7, 11) is 0. The lowest BCUT2D eigenvalue weighted by atomic mass is 9.85. The van der Waals surface area contributed by atoms with Gasteiger partial charge in [0.1, 0.15) is 11.2 Å². The van der Waals surface area contributed by atoms with Gasteiger partial charge in [0.05, 0.1) is 6.07 Å². The minimum atomic E-state index is -0.877. The van der Waals surface area contributed by atoms with Crippen LogP contribution >= 0.6 is 0 Å². The first kappa shape index (κ1) is 14.1. The lowest BCUT2D eigenvalue weighted by Gasteiger charge is -2.17. The predicted octanol–water partition coefficient (Wildman–Crippen LogP) is 2.56. The molecular weight excluding hydrogens is 190 g/mol. The Labute approximate surface area is 92.4 Å². The molecule has 0 bridgehead atoms. The summed E-state index contributed by atoms with van der Waals surface area (Å²) in [5.41, 5.74) is -0.877. The molecule has 0 fully saturated rings. The molecule has 3 nitrogen and oxygen atoms in total. The van der Waals surface area contributed by atoms with E-state index in [-0.39, 0.29) is 5.78 Å². The van der Waals surface area contributed by atoms with E-state index in [1.807, 2.05) is 6.07 Å². The number of hydrogen-bond donors (Lipinski definition) is 0. The fourth-order valence-corrected chi connectivity index (χ4v) is 1.01. The van der Waals surface area contributed by atoms with E-state index in [0.29, 0.717) is 25.6 Å². The molecule has 0 radical (unpaired) electrons. The van der Waals surface area contributed by atoms with Gasteiger partial charge in [0.25, 0.3) is 0 Å². The summed E-state index contributed by atoms with van der Waals surface area (Å²) in [6.07, 6.45) is 1.50. The van der Waals surface area contributed by atoms with E-state index in [9.17, 15) is 4.79 Å². The van der Waals surface area contributed by atoms with Gasteiger partial charge < -0.3 is 4.74 Å². The Kier molecular flexibility index (Phi) is 6.19. The summed E-state index contributed by atoms with van der Waals surface area (Å²) >= 11 is 0. The number of ketones is 1. The third-order valence-electron chi connectivity index (χ3n) is 2.61. The molecule has 0 aliphatic carbocycles. The Morgan fingerprint density at radius 3 is 2.47 bits per heavy atom. The Bertz CT molecular complexity index is 242. The smallest absolute Gasteiger partial charge is 0.149 e. The summed E-state index contributed by atoms with van der Waals surface area (Å²) in [5, 5.41) is 8.87. The maximum absolute atomic E-state index is 11.2. The highest BCUT2D eigenvalue weighted by Crippen LogP contribution is 2.21. The first-order valence-electron chi connectivity index (χ1n) is 5.42. The van der Waals surface area contributed by atoms with Crippen LogP contribution in [0, 0.1) is 22.7 Å². The number of rotatable bonds is 7. The van der Waals surface area contributed by atoms with Crippen LogP contribution in [0.5, 0.6) is 0 Å². The summed E-state index contributed by atoms with van der Waals surface area (Å²) in [6.45, 7) is 8.59. The number of carbonyl (C=O) groups is 1. The molecule has 0 aromatic heterocycles. The van der Waals surface area contributed by atoms with Crippen molar-refractivity contribution in [3.8, 4) is 6.07 Å². The number of nitrogens with zero attached hydrogens (tertiary/aromatic N) is 1. The molecule has 86 valence electrons. The summed E-state index contributed by atoms with van der Waals surface area (Å²) in [6, 6.07) is 2.05. The molecular formula is C12H21NO2. The van der Waals surface area contributed by atoms with Crippen LogP contribution in [0.4, 0.5) is 0 Å². The van der Waals surface area contributed by atoms with Crippen LogP contribution in [0.1, 0.15) is 40.5 Å². The van der Waals surface area contributed by atoms with Gasteiger partial charge in [-0.1, -0.05) is 13.8 Å². The van der Waals surface area contributed by atoms with Gasteiger partial charge in [-0.25, -0.2) is 0 Å². The third-order valence-corrected chi connectivity index (χ3v) is 2.61. The van der Waals surface area contributed by atoms with Gasteiger partial charge in [-0.2, -0.15) is 5.26 Å². The number of Topliss-reactive ketones (excluding diaryl/α,β-unsaturated/α-hetero) is 1. The minimum Gasteiger partial charge on any atom is -0.381 e. The Hall–Kier alpha value is -0.880. The fourth-order valence-electron chi connectivity index (χ4n) is 1.01. The summed E-state index contributed by atoms with van der Waals surface area (Å²) < 4.78 is 5.39. The van der Waals surface area contributed by atoms with Crippen molar-refractivity contribution in [3.05, 3.63) is 0 Å². The number of ether oxygens (including phenoxy) is 1. The molecule has 1 unspecified atom stereocenters. The SMILES string of the molecule is CC(=O)C(C)(C#N)CCOCCC(C)C. The van der Waals surface area contributed by atoms with E-state index in [1.165, 1.54) is 6.92 Å². The second kappa shape index (κ2) is 6.58. The van der Waals surface area contributed by atoms with Gasteiger partial charge in [-0.05, 0) is 32.6 Å². The molecule has 0 amide bonds. The molecule has 0 N–H and O–H groups in total. The van der Waals surface area contributed by atoms with Crippen molar-refractivity contribution in [2.45, 2.75) is 40.5 Å². The van der Waals surface area contributed by atoms with E-state index in [4.69, 9.17) is 10.00 Å². The Morgan fingerprint density at radius 1 is 1.47 bits per heavy atom. The Morgan fingerprint density at radius 2 is 2.07 bits per heavy atom. The number of hydrogen-bond acceptors (Lipinski definition) is 3. The van der Waals surface area contributed by atoms with Gasteiger partial charge in [0.2, 0.25) is 0 Å². The summed E-state index contributed by atoms with van der Waals surface area (Å²) in [4.78, 5) is 11.2. The lowest BCUT2D eigenvalue weighted by Crippen LogP contribution is -2.25. The zero-order valence-electron chi connectivity index (χ0n) is 10.2. The van der Waals surface area contributed by atoms with Crippen LogP contribution < -0.4 is 0 Å². The Balaban J connectivity index is 3.76. The van der Waals surface area contributed by atoms with E-state index in [2.05, 4.69) is 13.8 Å². The first-order valence-corrected chi connectivity index (χ1v) is 5.42. The molecule has 0 aromatic rings. The second-order valence-corrected chi connectivity index (χ2v) is 4.54. The van der Waals surface area contributed by atoms with Crippen LogP contribution in [0.2, 0.25) is 0 Å². The predicted molar refractivity (Wildman–Crippen MR) is 59.3 cm³/mol. The molecule has 0 saturated carbocycles. The highest BCUT2D eigenvalue weighted by Gasteiger charge is 2.29. The fraction of sp³-hybridized carbons (Fsp3) is 0.833. The van der Waals surface area contributed by atoms with Crippen molar-refractivity contribution >= 4 is 5.78 Å². The molecule has 0 rings (SSSR count). The van der Waals surface area contributed by atoms with E-state index in [1.54, 1.807) is 6.92 Å². The third kappa shape index (κ3) is 5.54. The summed E-state index contributed by atoms with van der Waals surface area (Å²) in [5.74, 6) is 0.539. The number of nitriles is 1. The van der Waals surface area contributed by atoms with Gasteiger partial charge in [-0.3, -0.25) is 4.79 Å². The molecule has 0 aliphatic heterocycles. The van der Waals surface area contributed by atoms with Crippen LogP contribution in [0.25, 0.3) is 0 Å². The molecule has 0 heterocycles. The molecule has 15 heavy (non-hydrogen) atoms. The molecule has 3 heteroatoms.